The molecule has 0 saturated carbocycles. The van der Waals surface area contributed by atoms with Gasteiger partial charge in [-0.2, -0.15) is 4.98 Å². The summed E-state index contributed by atoms with van der Waals surface area (Å²) in [6.45, 7) is 2.30. The van der Waals surface area contributed by atoms with Gasteiger partial charge in [0.2, 0.25) is 5.82 Å². The largest absolute Gasteiger partial charge is 0.342 e. The lowest BCUT2D eigenvalue weighted by atomic mass is 10.4. The molecule has 92 valence electrons. The van der Waals surface area contributed by atoms with Gasteiger partial charge in [0.15, 0.2) is 5.82 Å². The van der Waals surface area contributed by atoms with E-state index in [-0.39, 0.29) is 0 Å². The quantitative estimate of drug-likeness (QED) is 0.737. The molecule has 0 aliphatic heterocycles. The number of nitrogens with two attached hydrogens (primary N) is 1. The molecular formula is C10H10N6OS. The van der Waals surface area contributed by atoms with Crippen molar-refractivity contribution < 1.29 is 4.52 Å². The van der Waals surface area contributed by atoms with Gasteiger partial charge in [-0.1, -0.05) is 5.16 Å². The van der Waals surface area contributed by atoms with E-state index < -0.39 is 0 Å². The summed E-state index contributed by atoms with van der Waals surface area (Å²) >= 11 is 1.46. The molecule has 3 aromatic rings. The summed E-state index contributed by atoms with van der Waals surface area (Å²) in [4.78, 5) is 16.4. The van der Waals surface area contributed by atoms with Crippen LogP contribution in [0.15, 0.2) is 16.9 Å². The van der Waals surface area contributed by atoms with Crippen molar-refractivity contribution in [3.8, 4) is 22.4 Å². The standard InChI is InChI=1S/C10H10N6OS/c1-5-7(18-6(4-11)14-5)10-15-9(16-17-10)8-12-2-3-13-8/h2-3H,4,11H2,1H3,(H,12,13). The second kappa shape index (κ2) is 4.31. The van der Waals surface area contributed by atoms with Crippen LogP contribution < -0.4 is 5.73 Å². The van der Waals surface area contributed by atoms with E-state index in [0.29, 0.717) is 24.1 Å². The molecular weight excluding hydrogens is 252 g/mol. The first-order valence-electron chi connectivity index (χ1n) is 5.28. The molecule has 0 aromatic carbocycles. The van der Waals surface area contributed by atoms with Gasteiger partial charge < -0.3 is 15.2 Å². The van der Waals surface area contributed by atoms with Crippen LogP contribution in [0, 0.1) is 6.92 Å². The minimum atomic E-state index is 0.407. The van der Waals surface area contributed by atoms with Gasteiger partial charge >= 0.3 is 0 Å². The van der Waals surface area contributed by atoms with Gasteiger partial charge in [-0.05, 0) is 6.92 Å². The smallest absolute Gasteiger partial charge is 0.270 e. The van der Waals surface area contributed by atoms with Crippen LogP contribution in [0.3, 0.4) is 0 Å². The molecule has 0 amide bonds. The van der Waals surface area contributed by atoms with Crippen LogP contribution in [0.2, 0.25) is 0 Å². The Bertz CT molecular complexity index is 656. The second-order valence-corrected chi connectivity index (χ2v) is 4.67. The van der Waals surface area contributed by atoms with Crippen molar-refractivity contribution >= 4 is 11.3 Å². The monoisotopic (exact) mass is 262 g/mol. The Morgan fingerprint density at radius 3 is 3.00 bits per heavy atom. The van der Waals surface area contributed by atoms with Crippen molar-refractivity contribution in [1.82, 2.24) is 25.1 Å². The number of aryl methyl sites for hydroxylation is 1. The number of nitrogens with zero attached hydrogens (tertiary/aromatic N) is 4. The van der Waals surface area contributed by atoms with Crippen molar-refractivity contribution in [2.24, 2.45) is 5.73 Å². The summed E-state index contributed by atoms with van der Waals surface area (Å²) < 4.78 is 5.22. The molecule has 0 bridgehead atoms. The number of thiazole rings is 1. The van der Waals surface area contributed by atoms with Gasteiger partial charge in [0.1, 0.15) is 9.88 Å². The lowest BCUT2D eigenvalue weighted by molar-refractivity contribution is 0.432. The van der Waals surface area contributed by atoms with E-state index in [1.54, 1.807) is 12.4 Å². The fourth-order valence-corrected chi connectivity index (χ4v) is 2.40. The minimum absolute atomic E-state index is 0.407. The molecule has 0 aliphatic rings. The summed E-state index contributed by atoms with van der Waals surface area (Å²) in [5.41, 5.74) is 6.40. The molecule has 0 spiro atoms. The Labute approximate surface area is 106 Å². The van der Waals surface area contributed by atoms with Gasteiger partial charge in [-0.25, -0.2) is 9.97 Å². The molecule has 0 aliphatic carbocycles. The average molecular weight is 262 g/mol. The summed E-state index contributed by atoms with van der Waals surface area (Å²) in [5.74, 6) is 1.44. The van der Waals surface area contributed by atoms with Gasteiger partial charge in [-0.3, -0.25) is 0 Å². The first kappa shape index (κ1) is 11.1. The fraction of sp³-hybridized carbons (Fsp3) is 0.200. The van der Waals surface area contributed by atoms with Crippen molar-refractivity contribution in [3.63, 3.8) is 0 Å². The van der Waals surface area contributed by atoms with Gasteiger partial charge in [0.05, 0.1) is 5.69 Å². The van der Waals surface area contributed by atoms with Crippen LogP contribution in [-0.2, 0) is 6.54 Å². The topological polar surface area (TPSA) is 107 Å². The van der Waals surface area contributed by atoms with Gasteiger partial charge in [0, 0.05) is 18.9 Å². The SMILES string of the molecule is Cc1nc(CN)sc1-c1nc(-c2ncc[nH]2)no1. The van der Waals surface area contributed by atoms with Crippen LogP contribution in [0.4, 0.5) is 0 Å². The van der Waals surface area contributed by atoms with E-state index in [9.17, 15) is 0 Å². The lowest BCUT2D eigenvalue weighted by Gasteiger charge is -1.87. The molecule has 7 nitrogen and oxygen atoms in total. The molecule has 3 N–H and O–H groups in total. The Morgan fingerprint density at radius 1 is 1.44 bits per heavy atom. The molecule has 0 atom stereocenters. The third-order valence-corrected chi connectivity index (χ3v) is 3.51. The van der Waals surface area contributed by atoms with Gasteiger partial charge in [-0.15, -0.1) is 11.3 Å². The molecule has 3 heterocycles. The Hall–Kier alpha value is -2.06. The van der Waals surface area contributed by atoms with Crippen LogP contribution in [0.1, 0.15) is 10.7 Å². The zero-order chi connectivity index (χ0) is 12.5. The number of rotatable bonds is 3. The van der Waals surface area contributed by atoms with Crippen molar-refractivity contribution in [1.29, 1.82) is 0 Å². The highest BCUT2D eigenvalue weighted by molar-refractivity contribution is 7.15. The fourth-order valence-electron chi connectivity index (χ4n) is 1.54. The zero-order valence-electron chi connectivity index (χ0n) is 9.54. The average Bonchev–Trinajstić information content (AvgIpc) is 3.08. The Balaban J connectivity index is 2.00. The van der Waals surface area contributed by atoms with E-state index in [1.807, 2.05) is 6.92 Å². The number of aromatic amines is 1. The van der Waals surface area contributed by atoms with Crippen molar-refractivity contribution in [2.75, 3.05) is 0 Å². The second-order valence-electron chi connectivity index (χ2n) is 3.59. The number of aromatic nitrogens is 5. The maximum absolute atomic E-state index is 5.56. The summed E-state index contributed by atoms with van der Waals surface area (Å²) in [5, 5.41) is 4.73. The van der Waals surface area contributed by atoms with E-state index in [2.05, 4.69) is 25.1 Å². The maximum atomic E-state index is 5.56. The highest BCUT2D eigenvalue weighted by Gasteiger charge is 2.17. The van der Waals surface area contributed by atoms with Crippen molar-refractivity contribution in [2.45, 2.75) is 13.5 Å². The van der Waals surface area contributed by atoms with E-state index in [4.69, 9.17) is 10.3 Å². The molecule has 18 heavy (non-hydrogen) atoms. The normalized spacial score (nSPS) is 11.0. The van der Waals surface area contributed by atoms with E-state index >= 15 is 0 Å². The summed E-state index contributed by atoms with van der Waals surface area (Å²) in [6, 6.07) is 0. The molecule has 0 radical (unpaired) electrons. The maximum Gasteiger partial charge on any atom is 0.270 e. The van der Waals surface area contributed by atoms with Crippen LogP contribution >= 0.6 is 11.3 Å². The van der Waals surface area contributed by atoms with Gasteiger partial charge in [0.25, 0.3) is 5.89 Å². The number of hydrogen-bond donors (Lipinski definition) is 2. The molecule has 0 fully saturated rings. The molecule has 3 rings (SSSR count). The van der Waals surface area contributed by atoms with E-state index in [0.717, 1.165) is 15.6 Å². The number of imidazole rings is 1. The zero-order valence-corrected chi connectivity index (χ0v) is 10.4. The van der Waals surface area contributed by atoms with E-state index in [1.165, 1.54) is 11.3 Å². The third kappa shape index (κ3) is 1.81. The summed E-state index contributed by atoms with van der Waals surface area (Å²) in [7, 11) is 0. The third-order valence-electron chi connectivity index (χ3n) is 2.35. The van der Waals surface area contributed by atoms with Crippen molar-refractivity contribution in [3.05, 3.63) is 23.1 Å². The highest BCUT2D eigenvalue weighted by Crippen LogP contribution is 2.29. The Kier molecular flexibility index (Phi) is 2.65. The molecule has 3 aromatic heterocycles. The number of H-pyrrole nitrogens is 1. The van der Waals surface area contributed by atoms with Crippen LogP contribution in [0.25, 0.3) is 22.4 Å². The predicted molar refractivity (Wildman–Crippen MR) is 65.6 cm³/mol. The molecule has 0 saturated heterocycles. The first-order chi connectivity index (χ1) is 8.78. The minimum Gasteiger partial charge on any atom is -0.342 e. The number of nitrogens with one attached hydrogen (secondary N) is 1. The first-order valence-corrected chi connectivity index (χ1v) is 6.10. The van der Waals surface area contributed by atoms with Crippen LogP contribution in [-0.4, -0.2) is 25.1 Å². The lowest BCUT2D eigenvalue weighted by Crippen LogP contribution is -1.94. The molecule has 0 unspecified atom stereocenters. The molecule has 8 heteroatoms. The highest BCUT2D eigenvalue weighted by atomic mass is 32.1. The number of hydrogen-bond acceptors (Lipinski definition) is 7. The predicted octanol–water partition coefficient (Wildman–Crippen LogP) is 1.35. The Morgan fingerprint density at radius 2 is 2.33 bits per heavy atom. The summed E-state index contributed by atoms with van der Waals surface area (Å²) in [6.07, 6.45) is 3.34. The van der Waals surface area contributed by atoms with Crippen LogP contribution in [0.5, 0.6) is 0 Å².